The number of halogens is 3. The summed E-state index contributed by atoms with van der Waals surface area (Å²) in [4.78, 5) is 22.3. The maximum absolute atomic E-state index is 13.3. The first kappa shape index (κ1) is 28.8. The Bertz CT molecular complexity index is 932. The zero-order chi connectivity index (χ0) is 25.7. The Balaban J connectivity index is 1.94. The molecule has 0 saturated heterocycles. The van der Waals surface area contributed by atoms with Crippen LogP contribution in [0.4, 0.5) is 13.2 Å². The summed E-state index contributed by atoms with van der Waals surface area (Å²) in [6.07, 6.45) is 2.67. The van der Waals surface area contributed by atoms with Crippen molar-refractivity contribution in [1.29, 1.82) is 0 Å². The number of unbranched alkanes of at least 4 members (excludes halogenated alkanes) is 5. The van der Waals surface area contributed by atoms with Crippen molar-refractivity contribution in [2.45, 2.75) is 75.6 Å². The van der Waals surface area contributed by atoms with Gasteiger partial charge in [-0.25, -0.2) is 0 Å². The lowest BCUT2D eigenvalue weighted by Crippen LogP contribution is -2.11. The van der Waals surface area contributed by atoms with Crippen LogP contribution in [0.3, 0.4) is 0 Å². The van der Waals surface area contributed by atoms with E-state index in [2.05, 4.69) is 12.1 Å². The summed E-state index contributed by atoms with van der Waals surface area (Å²) in [5, 5.41) is 17.5. The Hall–Kier alpha value is -2.48. The molecule has 0 aliphatic rings. The molecule has 0 aliphatic heterocycles. The first-order valence-electron chi connectivity index (χ1n) is 12.0. The number of aliphatic carboxylic acids is 2. The molecule has 1 unspecified atom stereocenters. The van der Waals surface area contributed by atoms with Gasteiger partial charge in [0.05, 0.1) is 18.4 Å². The van der Waals surface area contributed by atoms with Gasteiger partial charge in [-0.05, 0) is 54.5 Å². The minimum absolute atomic E-state index is 0.131. The Labute approximate surface area is 208 Å². The molecule has 0 aromatic heterocycles. The standard InChI is InChI=1S/C27H33F3O4S/c28-27(29,30)22-15-14-21(23(18-22)24(19-26(33)34)35-17-16-25(31)32)13-9-4-2-1-3-6-10-20-11-7-5-8-12-20/h5,7-8,11-12,14-15,18,24H,1-4,6,9-10,13,16-17,19H2,(H,31,32)(H,33,34). The summed E-state index contributed by atoms with van der Waals surface area (Å²) >= 11 is 1.09. The van der Waals surface area contributed by atoms with Crippen molar-refractivity contribution in [3.8, 4) is 0 Å². The van der Waals surface area contributed by atoms with E-state index in [0.717, 1.165) is 68.8 Å². The molecule has 0 heterocycles. The minimum Gasteiger partial charge on any atom is -0.481 e. The van der Waals surface area contributed by atoms with Crippen molar-refractivity contribution in [3.05, 3.63) is 70.8 Å². The number of carboxylic acid groups (broad SMARTS) is 2. The zero-order valence-corrected chi connectivity index (χ0v) is 20.5. The second-order valence-electron chi connectivity index (χ2n) is 8.62. The molecule has 192 valence electrons. The highest BCUT2D eigenvalue weighted by Crippen LogP contribution is 2.39. The van der Waals surface area contributed by atoms with Crippen molar-refractivity contribution in [1.82, 2.24) is 0 Å². The van der Waals surface area contributed by atoms with E-state index in [4.69, 9.17) is 5.11 Å². The molecule has 0 amide bonds. The first-order chi connectivity index (χ1) is 16.7. The van der Waals surface area contributed by atoms with E-state index in [1.165, 1.54) is 11.6 Å². The largest absolute Gasteiger partial charge is 0.481 e. The van der Waals surface area contributed by atoms with Crippen LogP contribution in [0.2, 0.25) is 0 Å². The lowest BCUT2D eigenvalue weighted by Gasteiger charge is -2.21. The van der Waals surface area contributed by atoms with Crippen LogP contribution in [0.1, 0.15) is 78.9 Å². The Morgan fingerprint density at radius 2 is 1.46 bits per heavy atom. The van der Waals surface area contributed by atoms with Gasteiger partial charge in [0.15, 0.2) is 0 Å². The number of thioether (sulfide) groups is 1. The van der Waals surface area contributed by atoms with Gasteiger partial charge in [0.2, 0.25) is 0 Å². The topological polar surface area (TPSA) is 74.6 Å². The van der Waals surface area contributed by atoms with E-state index in [9.17, 15) is 27.9 Å². The van der Waals surface area contributed by atoms with Crippen molar-refractivity contribution in [3.63, 3.8) is 0 Å². The van der Waals surface area contributed by atoms with Crippen LogP contribution in [0.25, 0.3) is 0 Å². The predicted octanol–water partition coefficient (Wildman–Crippen LogP) is 7.55. The summed E-state index contributed by atoms with van der Waals surface area (Å²) in [7, 11) is 0. The lowest BCUT2D eigenvalue weighted by molar-refractivity contribution is -0.138. The van der Waals surface area contributed by atoms with Crippen LogP contribution in [-0.2, 0) is 28.6 Å². The number of alkyl halides is 3. The molecule has 8 heteroatoms. The van der Waals surface area contributed by atoms with Gasteiger partial charge in [-0.2, -0.15) is 24.9 Å². The van der Waals surface area contributed by atoms with E-state index in [0.29, 0.717) is 17.5 Å². The average Bonchev–Trinajstić information content (AvgIpc) is 2.79. The fraction of sp³-hybridized carbons (Fsp3) is 0.481. The summed E-state index contributed by atoms with van der Waals surface area (Å²) in [5.74, 6) is -2.03. The van der Waals surface area contributed by atoms with Crippen LogP contribution in [-0.4, -0.2) is 27.9 Å². The molecule has 2 N–H and O–H groups in total. The maximum Gasteiger partial charge on any atom is 0.416 e. The van der Waals surface area contributed by atoms with E-state index >= 15 is 0 Å². The highest BCUT2D eigenvalue weighted by molar-refractivity contribution is 7.99. The molecule has 2 aromatic rings. The maximum atomic E-state index is 13.3. The molecule has 2 rings (SSSR count). The van der Waals surface area contributed by atoms with Crippen LogP contribution in [0.15, 0.2) is 48.5 Å². The molecule has 0 aliphatic carbocycles. The SMILES string of the molecule is O=C(O)CCSC(CC(=O)O)c1cc(C(F)(F)F)ccc1CCCCCCCCc1ccccc1. The lowest BCUT2D eigenvalue weighted by atomic mass is 9.95. The third-order valence-corrected chi connectivity index (χ3v) is 7.08. The van der Waals surface area contributed by atoms with Gasteiger partial charge in [-0.15, -0.1) is 0 Å². The van der Waals surface area contributed by atoms with Gasteiger partial charge in [0, 0.05) is 11.0 Å². The predicted molar refractivity (Wildman–Crippen MR) is 133 cm³/mol. The van der Waals surface area contributed by atoms with E-state index in [-0.39, 0.29) is 18.6 Å². The van der Waals surface area contributed by atoms with Crippen molar-refractivity contribution in [2.24, 2.45) is 0 Å². The Morgan fingerprint density at radius 1 is 0.829 bits per heavy atom. The average molecular weight is 511 g/mol. The van der Waals surface area contributed by atoms with Crippen LogP contribution < -0.4 is 0 Å². The van der Waals surface area contributed by atoms with Gasteiger partial charge in [-0.1, -0.05) is 62.1 Å². The normalized spacial score (nSPS) is 12.4. The summed E-state index contributed by atoms with van der Waals surface area (Å²) in [6, 6.07) is 13.9. The summed E-state index contributed by atoms with van der Waals surface area (Å²) in [5.41, 5.74) is 1.57. The number of hydrogen-bond acceptors (Lipinski definition) is 3. The number of rotatable bonds is 16. The fourth-order valence-corrected chi connectivity index (χ4v) is 5.24. The molecule has 0 saturated carbocycles. The smallest absolute Gasteiger partial charge is 0.416 e. The summed E-state index contributed by atoms with van der Waals surface area (Å²) < 4.78 is 40.0. The molecule has 4 nitrogen and oxygen atoms in total. The molecule has 2 aromatic carbocycles. The Kier molecular flexibility index (Phi) is 12.2. The van der Waals surface area contributed by atoms with Crippen LogP contribution in [0, 0.1) is 0 Å². The molecule has 0 radical (unpaired) electrons. The highest BCUT2D eigenvalue weighted by Gasteiger charge is 2.32. The van der Waals surface area contributed by atoms with E-state index in [1.54, 1.807) is 0 Å². The quantitative estimate of drug-likeness (QED) is 0.228. The van der Waals surface area contributed by atoms with Gasteiger partial charge >= 0.3 is 18.1 Å². The monoisotopic (exact) mass is 510 g/mol. The van der Waals surface area contributed by atoms with Crippen LogP contribution in [0.5, 0.6) is 0 Å². The summed E-state index contributed by atoms with van der Waals surface area (Å²) in [6.45, 7) is 0. The van der Waals surface area contributed by atoms with Crippen LogP contribution >= 0.6 is 11.8 Å². The molecule has 0 bridgehead atoms. The number of hydrogen-bond donors (Lipinski definition) is 2. The molecule has 1 atom stereocenters. The third kappa shape index (κ3) is 11.2. The first-order valence-corrected chi connectivity index (χ1v) is 13.0. The number of carbonyl (C=O) groups is 2. The van der Waals surface area contributed by atoms with Gasteiger partial charge in [0.25, 0.3) is 0 Å². The molecular formula is C27H33F3O4S. The van der Waals surface area contributed by atoms with Crippen molar-refractivity contribution in [2.75, 3.05) is 5.75 Å². The molecule has 0 spiro atoms. The second-order valence-corrected chi connectivity index (χ2v) is 9.93. The van der Waals surface area contributed by atoms with E-state index in [1.807, 2.05) is 18.2 Å². The zero-order valence-electron chi connectivity index (χ0n) is 19.7. The molecule has 0 fully saturated rings. The minimum atomic E-state index is -4.54. The van der Waals surface area contributed by atoms with Gasteiger partial charge in [-0.3, -0.25) is 9.59 Å². The van der Waals surface area contributed by atoms with Gasteiger partial charge < -0.3 is 10.2 Å². The second kappa shape index (κ2) is 14.8. The molecule has 35 heavy (non-hydrogen) atoms. The van der Waals surface area contributed by atoms with Crippen molar-refractivity contribution >= 4 is 23.7 Å². The highest BCUT2D eigenvalue weighted by atomic mass is 32.2. The number of benzene rings is 2. The van der Waals surface area contributed by atoms with E-state index < -0.39 is 28.9 Å². The molecular weight excluding hydrogens is 477 g/mol. The number of aryl methyl sites for hydroxylation is 2. The van der Waals surface area contributed by atoms with Crippen molar-refractivity contribution < 1.29 is 33.0 Å². The Morgan fingerprint density at radius 3 is 2.06 bits per heavy atom. The third-order valence-electron chi connectivity index (χ3n) is 5.82. The fourth-order valence-electron chi connectivity index (χ4n) is 4.00. The van der Waals surface area contributed by atoms with Gasteiger partial charge in [0.1, 0.15) is 0 Å². The number of carboxylic acids is 2.